The van der Waals surface area contributed by atoms with Crippen molar-refractivity contribution in [3.8, 4) is 0 Å². The van der Waals surface area contributed by atoms with Gasteiger partial charge in [-0.1, -0.05) is 58.4 Å². The van der Waals surface area contributed by atoms with Gasteiger partial charge in [-0.25, -0.2) is 4.79 Å². The van der Waals surface area contributed by atoms with Crippen LogP contribution < -0.4 is 0 Å². The number of nitrogens with zero attached hydrogens (tertiary/aromatic N) is 1. The number of ether oxygens (including phenoxy) is 1. The Morgan fingerprint density at radius 2 is 1.75 bits per heavy atom. The van der Waals surface area contributed by atoms with Crippen LogP contribution in [0, 0.1) is 0 Å². The fourth-order valence-electron chi connectivity index (χ4n) is 2.28. The fraction of sp³-hybridized carbons (Fsp3) is 0.222. The van der Waals surface area contributed by atoms with E-state index in [1.54, 1.807) is 19.2 Å². The summed E-state index contributed by atoms with van der Waals surface area (Å²) in [4.78, 5) is 24.8. The Hall–Kier alpha value is -2.34. The normalized spacial score (nSPS) is 11.6. The molecule has 5 nitrogen and oxygen atoms in total. The first kappa shape index (κ1) is 18.0. The zero-order valence-corrected chi connectivity index (χ0v) is 14.8. The predicted molar refractivity (Wildman–Crippen MR) is 93.5 cm³/mol. The Balaban J connectivity index is 2.08. The van der Waals surface area contributed by atoms with Gasteiger partial charge in [0.2, 0.25) is 0 Å². The van der Waals surface area contributed by atoms with Crippen LogP contribution in [0.15, 0.2) is 59.1 Å². The van der Waals surface area contributed by atoms with Crippen molar-refractivity contribution in [1.29, 1.82) is 0 Å². The number of hydrogen-bond acceptors (Lipinski definition) is 3. The van der Waals surface area contributed by atoms with E-state index in [1.807, 2.05) is 42.5 Å². The van der Waals surface area contributed by atoms with Gasteiger partial charge in [0.1, 0.15) is 6.61 Å². The Morgan fingerprint density at radius 3 is 2.33 bits per heavy atom. The van der Waals surface area contributed by atoms with Crippen LogP contribution in [-0.2, 0) is 16.1 Å². The average molecular weight is 392 g/mol. The van der Waals surface area contributed by atoms with Gasteiger partial charge >= 0.3 is 12.1 Å². The van der Waals surface area contributed by atoms with Crippen molar-refractivity contribution in [1.82, 2.24) is 4.90 Å². The molecule has 6 heteroatoms. The number of carboxylic acids is 1. The molecule has 0 bridgehead atoms. The third-order valence-electron chi connectivity index (χ3n) is 3.58. The van der Waals surface area contributed by atoms with E-state index in [-0.39, 0.29) is 13.0 Å². The maximum absolute atomic E-state index is 12.3. The van der Waals surface area contributed by atoms with Gasteiger partial charge in [0, 0.05) is 11.5 Å². The van der Waals surface area contributed by atoms with E-state index in [0.29, 0.717) is 0 Å². The molecule has 0 heterocycles. The summed E-state index contributed by atoms with van der Waals surface area (Å²) in [5, 5.41) is 9.15. The third-order valence-corrected chi connectivity index (χ3v) is 4.11. The molecule has 1 N–H and O–H groups in total. The van der Waals surface area contributed by atoms with Gasteiger partial charge in [-0.2, -0.15) is 0 Å². The highest BCUT2D eigenvalue weighted by Gasteiger charge is 2.25. The average Bonchev–Trinajstić information content (AvgIpc) is 2.58. The lowest BCUT2D eigenvalue weighted by Crippen LogP contribution is -2.33. The van der Waals surface area contributed by atoms with Gasteiger partial charge in [-0.3, -0.25) is 4.79 Å². The predicted octanol–water partition coefficient (Wildman–Crippen LogP) is 4.23. The monoisotopic (exact) mass is 391 g/mol. The zero-order valence-electron chi connectivity index (χ0n) is 13.2. The Kier molecular flexibility index (Phi) is 6.37. The highest BCUT2D eigenvalue weighted by molar-refractivity contribution is 9.10. The van der Waals surface area contributed by atoms with E-state index in [1.165, 1.54) is 4.90 Å². The number of aliphatic carboxylic acids is 1. The summed E-state index contributed by atoms with van der Waals surface area (Å²) in [6.45, 7) is 0.143. The number of carbonyl (C=O) groups excluding carboxylic acids is 1. The highest BCUT2D eigenvalue weighted by atomic mass is 79.9. The minimum absolute atomic E-state index is 0.143. The molecule has 0 spiro atoms. The molecule has 0 aromatic heterocycles. The van der Waals surface area contributed by atoms with Crippen LogP contribution in [0.5, 0.6) is 0 Å². The van der Waals surface area contributed by atoms with Crippen LogP contribution in [-0.4, -0.2) is 29.1 Å². The second-order valence-electron chi connectivity index (χ2n) is 5.32. The van der Waals surface area contributed by atoms with Gasteiger partial charge < -0.3 is 14.7 Å². The van der Waals surface area contributed by atoms with Gasteiger partial charge in [-0.15, -0.1) is 0 Å². The van der Waals surface area contributed by atoms with E-state index >= 15 is 0 Å². The largest absolute Gasteiger partial charge is 0.481 e. The molecule has 1 unspecified atom stereocenters. The lowest BCUT2D eigenvalue weighted by Gasteiger charge is -2.27. The molecule has 126 valence electrons. The molecule has 2 aromatic rings. The lowest BCUT2D eigenvalue weighted by atomic mass is 10.0. The molecular weight excluding hydrogens is 374 g/mol. The minimum Gasteiger partial charge on any atom is -0.481 e. The van der Waals surface area contributed by atoms with Crippen molar-refractivity contribution in [2.24, 2.45) is 0 Å². The summed E-state index contributed by atoms with van der Waals surface area (Å²) in [5.41, 5.74) is 1.61. The molecule has 0 saturated carbocycles. The van der Waals surface area contributed by atoms with Crippen molar-refractivity contribution >= 4 is 28.0 Å². The summed E-state index contributed by atoms with van der Waals surface area (Å²) in [6.07, 6.45) is -0.758. The maximum Gasteiger partial charge on any atom is 0.410 e. The molecule has 0 aliphatic heterocycles. The quantitative estimate of drug-likeness (QED) is 0.799. The first-order chi connectivity index (χ1) is 11.5. The van der Waals surface area contributed by atoms with Crippen LogP contribution in [0.3, 0.4) is 0 Å². The molecule has 2 aromatic carbocycles. The summed E-state index contributed by atoms with van der Waals surface area (Å²) in [6, 6.07) is 15.9. The van der Waals surface area contributed by atoms with E-state index in [0.717, 1.165) is 15.6 Å². The summed E-state index contributed by atoms with van der Waals surface area (Å²) in [7, 11) is 1.54. The van der Waals surface area contributed by atoms with E-state index in [9.17, 15) is 9.59 Å². The Labute approximate surface area is 149 Å². The topological polar surface area (TPSA) is 66.8 Å². The van der Waals surface area contributed by atoms with Crippen molar-refractivity contribution < 1.29 is 19.4 Å². The first-order valence-electron chi connectivity index (χ1n) is 7.38. The van der Waals surface area contributed by atoms with Crippen molar-refractivity contribution in [2.75, 3.05) is 7.05 Å². The highest BCUT2D eigenvalue weighted by Crippen LogP contribution is 2.25. The first-order valence-corrected chi connectivity index (χ1v) is 8.17. The number of rotatable bonds is 6. The van der Waals surface area contributed by atoms with Crippen LogP contribution in [0.1, 0.15) is 23.6 Å². The number of carbonyl (C=O) groups is 2. The molecule has 0 fully saturated rings. The summed E-state index contributed by atoms with van der Waals surface area (Å²) >= 11 is 3.34. The molecule has 0 aliphatic rings. The molecule has 2 rings (SSSR count). The number of hydrogen-bond donors (Lipinski definition) is 1. The SMILES string of the molecule is CN(C(=O)OCc1ccccc1)C(CC(=O)O)c1ccc(Br)cc1. The number of amides is 1. The van der Waals surface area contributed by atoms with E-state index < -0.39 is 18.1 Å². The second-order valence-corrected chi connectivity index (χ2v) is 6.23. The molecule has 0 radical (unpaired) electrons. The third kappa shape index (κ3) is 5.09. The number of carboxylic acid groups (broad SMARTS) is 1. The van der Waals surface area contributed by atoms with Crippen LogP contribution in [0.25, 0.3) is 0 Å². The standard InChI is InChI=1S/C18H18BrNO4/c1-20(18(23)24-12-13-5-3-2-4-6-13)16(11-17(21)22)14-7-9-15(19)10-8-14/h2-10,16H,11-12H2,1H3,(H,21,22). The van der Waals surface area contributed by atoms with Crippen molar-refractivity contribution in [2.45, 2.75) is 19.1 Å². The molecule has 24 heavy (non-hydrogen) atoms. The van der Waals surface area contributed by atoms with Crippen molar-refractivity contribution in [3.05, 3.63) is 70.2 Å². The molecule has 1 atom stereocenters. The van der Waals surface area contributed by atoms with E-state index in [2.05, 4.69) is 15.9 Å². The van der Waals surface area contributed by atoms with Gasteiger partial charge in [-0.05, 0) is 23.3 Å². The molecule has 1 amide bonds. The van der Waals surface area contributed by atoms with Crippen LogP contribution >= 0.6 is 15.9 Å². The molecule has 0 saturated heterocycles. The lowest BCUT2D eigenvalue weighted by molar-refractivity contribution is -0.138. The number of benzene rings is 2. The smallest absolute Gasteiger partial charge is 0.410 e. The second kappa shape index (κ2) is 8.49. The van der Waals surface area contributed by atoms with Crippen molar-refractivity contribution in [3.63, 3.8) is 0 Å². The van der Waals surface area contributed by atoms with Gasteiger partial charge in [0.05, 0.1) is 12.5 Å². The molecule has 0 aliphatic carbocycles. The summed E-state index contributed by atoms with van der Waals surface area (Å²) < 4.78 is 6.17. The Morgan fingerprint density at radius 1 is 1.12 bits per heavy atom. The summed E-state index contributed by atoms with van der Waals surface area (Å²) in [5.74, 6) is -0.981. The fourth-order valence-corrected chi connectivity index (χ4v) is 2.54. The molecular formula is C18H18BrNO4. The van der Waals surface area contributed by atoms with Crippen LogP contribution in [0.2, 0.25) is 0 Å². The zero-order chi connectivity index (χ0) is 17.5. The van der Waals surface area contributed by atoms with Gasteiger partial charge in [0.25, 0.3) is 0 Å². The Bertz CT molecular complexity index is 688. The van der Waals surface area contributed by atoms with Gasteiger partial charge in [0.15, 0.2) is 0 Å². The maximum atomic E-state index is 12.3. The minimum atomic E-state index is -0.981. The van der Waals surface area contributed by atoms with E-state index in [4.69, 9.17) is 9.84 Å². The number of halogens is 1. The van der Waals surface area contributed by atoms with Crippen LogP contribution in [0.4, 0.5) is 4.79 Å².